The van der Waals surface area contributed by atoms with Crippen LogP contribution in [0.4, 0.5) is 0 Å². The number of aromatic nitrogens is 1. The van der Waals surface area contributed by atoms with E-state index in [4.69, 9.17) is 10.8 Å². The lowest BCUT2D eigenvalue weighted by atomic mass is 10.0. The predicted molar refractivity (Wildman–Crippen MR) is 143 cm³/mol. The number of fused-ring (bicyclic) bond motifs is 1. The fraction of sp³-hybridized carbons (Fsp3) is 0.480. The van der Waals surface area contributed by atoms with Crippen molar-refractivity contribution >= 4 is 52.3 Å². The number of carboxylic acid groups (broad SMARTS) is 2. The van der Waals surface area contributed by atoms with Crippen LogP contribution in [0.3, 0.4) is 0 Å². The van der Waals surface area contributed by atoms with E-state index in [1.807, 2.05) is 30.5 Å². The van der Waals surface area contributed by atoms with Crippen LogP contribution < -0.4 is 21.7 Å². The lowest BCUT2D eigenvalue weighted by molar-refractivity contribution is -0.142. The number of aliphatic carboxylic acids is 2. The largest absolute Gasteiger partial charge is 0.481 e. The molecule has 0 aliphatic rings. The molecule has 208 valence electrons. The van der Waals surface area contributed by atoms with Crippen LogP contribution in [0.5, 0.6) is 0 Å². The molecule has 8 N–H and O–H groups in total. The average Bonchev–Trinajstić information content (AvgIpc) is 3.26. The maximum absolute atomic E-state index is 13.2. The van der Waals surface area contributed by atoms with Crippen LogP contribution in [0.15, 0.2) is 30.5 Å². The first kappa shape index (κ1) is 30.6. The Hall–Kier alpha value is -3.58. The van der Waals surface area contributed by atoms with Gasteiger partial charge in [-0.15, -0.1) is 0 Å². The summed E-state index contributed by atoms with van der Waals surface area (Å²) in [6.45, 7) is 3.34. The van der Waals surface area contributed by atoms with E-state index in [1.165, 1.54) is 11.8 Å². The Balaban J connectivity index is 2.15. The van der Waals surface area contributed by atoms with Crippen LogP contribution in [0, 0.1) is 5.92 Å². The fourth-order valence-electron chi connectivity index (χ4n) is 3.83. The number of carbonyl (C=O) groups is 5. The molecular weight excluding hydrogens is 514 g/mol. The molecule has 0 spiro atoms. The van der Waals surface area contributed by atoms with E-state index in [-0.39, 0.29) is 12.8 Å². The van der Waals surface area contributed by atoms with Gasteiger partial charge in [0, 0.05) is 23.5 Å². The van der Waals surface area contributed by atoms with Crippen molar-refractivity contribution in [1.82, 2.24) is 20.9 Å². The lowest BCUT2D eigenvalue weighted by Crippen LogP contribution is -2.58. The number of nitrogens with one attached hydrogen (secondary N) is 4. The summed E-state index contributed by atoms with van der Waals surface area (Å²) < 4.78 is 0. The van der Waals surface area contributed by atoms with Gasteiger partial charge in [0.15, 0.2) is 0 Å². The summed E-state index contributed by atoms with van der Waals surface area (Å²) in [5.74, 6) is -4.53. The standard InChI is InChI=1S/C25H35N5O7S/c1-13(2)21(30-22(33)16(26)11-20(31)32)24(35)28-18(8-9-38-3)23(34)29-19(25(36)37)10-14-12-27-17-7-5-4-6-15(14)17/h4-7,12-13,16,18-19,21,27H,8-11,26H2,1-3H3,(H,28,35)(H,29,34)(H,30,33)(H,31,32)(H,36,37). The Morgan fingerprint density at radius 2 is 1.63 bits per heavy atom. The monoisotopic (exact) mass is 549 g/mol. The summed E-state index contributed by atoms with van der Waals surface area (Å²) in [7, 11) is 0. The van der Waals surface area contributed by atoms with E-state index in [0.29, 0.717) is 5.75 Å². The number of aromatic amines is 1. The van der Waals surface area contributed by atoms with Crippen molar-refractivity contribution in [2.45, 2.75) is 57.3 Å². The molecule has 0 aliphatic carbocycles. The second kappa shape index (κ2) is 14.4. The first-order valence-electron chi connectivity index (χ1n) is 12.1. The van der Waals surface area contributed by atoms with Crippen molar-refractivity contribution in [3.8, 4) is 0 Å². The van der Waals surface area contributed by atoms with Crippen molar-refractivity contribution in [3.05, 3.63) is 36.0 Å². The van der Waals surface area contributed by atoms with E-state index >= 15 is 0 Å². The average molecular weight is 550 g/mol. The van der Waals surface area contributed by atoms with Gasteiger partial charge in [0.25, 0.3) is 0 Å². The molecule has 1 aromatic carbocycles. The van der Waals surface area contributed by atoms with Gasteiger partial charge in [0.2, 0.25) is 17.7 Å². The summed E-state index contributed by atoms with van der Waals surface area (Å²) in [6, 6.07) is 2.65. The molecule has 0 fully saturated rings. The highest BCUT2D eigenvalue weighted by Gasteiger charge is 2.32. The normalized spacial score (nSPS) is 14.3. The number of thioether (sulfide) groups is 1. The zero-order valence-corrected chi connectivity index (χ0v) is 22.3. The van der Waals surface area contributed by atoms with Crippen LogP contribution >= 0.6 is 11.8 Å². The van der Waals surface area contributed by atoms with Crippen LogP contribution in [-0.4, -0.2) is 81.0 Å². The molecule has 2 aromatic rings. The van der Waals surface area contributed by atoms with Crippen LogP contribution in [-0.2, 0) is 30.4 Å². The van der Waals surface area contributed by atoms with Crippen LogP contribution in [0.25, 0.3) is 10.9 Å². The Kier molecular flexibility index (Phi) is 11.6. The van der Waals surface area contributed by atoms with E-state index in [0.717, 1.165) is 16.5 Å². The molecule has 4 unspecified atom stereocenters. The van der Waals surface area contributed by atoms with Gasteiger partial charge in [-0.2, -0.15) is 11.8 Å². The van der Waals surface area contributed by atoms with Gasteiger partial charge in [0.1, 0.15) is 18.1 Å². The number of hydrogen-bond donors (Lipinski definition) is 7. The van der Waals surface area contributed by atoms with Crippen LogP contribution in [0.1, 0.15) is 32.3 Å². The molecule has 1 aromatic heterocycles. The summed E-state index contributed by atoms with van der Waals surface area (Å²) in [4.78, 5) is 64.5. The summed E-state index contributed by atoms with van der Waals surface area (Å²) in [6.07, 6.45) is 3.17. The Labute approximate surface area is 224 Å². The first-order valence-corrected chi connectivity index (χ1v) is 13.5. The van der Waals surface area contributed by atoms with Gasteiger partial charge < -0.3 is 36.9 Å². The van der Waals surface area contributed by atoms with Gasteiger partial charge in [-0.05, 0) is 36.0 Å². The number of H-pyrrole nitrogens is 1. The third kappa shape index (κ3) is 8.77. The minimum Gasteiger partial charge on any atom is -0.481 e. The van der Waals surface area contributed by atoms with Gasteiger partial charge in [-0.3, -0.25) is 19.2 Å². The Morgan fingerprint density at radius 1 is 0.974 bits per heavy atom. The highest BCUT2D eigenvalue weighted by molar-refractivity contribution is 7.98. The highest BCUT2D eigenvalue weighted by atomic mass is 32.2. The second-order valence-corrected chi connectivity index (χ2v) is 10.2. The van der Waals surface area contributed by atoms with Gasteiger partial charge in [-0.1, -0.05) is 32.0 Å². The molecule has 0 saturated carbocycles. The van der Waals surface area contributed by atoms with E-state index in [2.05, 4.69) is 20.9 Å². The summed E-state index contributed by atoms with van der Waals surface area (Å²) >= 11 is 1.45. The van der Waals surface area contributed by atoms with Gasteiger partial charge in [0.05, 0.1) is 12.5 Å². The van der Waals surface area contributed by atoms with E-state index < -0.39 is 66.2 Å². The minimum absolute atomic E-state index is 0.0282. The number of rotatable bonds is 15. The third-order valence-corrected chi connectivity index (χ3v) is 6.58. The number of para-hydroxylation sites is 1. The number of hydrogen-bond acceptors (Lipinski definition) is 7. The first-order chi connectivity index (χ1) is 17.9. The van der Waals surface area contributed by atoms with Crippen molar-refractivity contribution in [2.75, 3.05) is 12.0 Å². The smallest absolute Gasteiger partial charge is 0.326 e. The van der Waals surface area contributed by atoms with Crippen molar-refractivity contribution in [1.29, 1.82) is 0 Å². The number of amides is 3. The maximum atomic E-state index is 13.2. The van der Waals surface area contributed by atoms with E-state index in [9.17, 15) is 29.1 Å². The van der Waals surface area contributed by atoms with Crippen LogP contribution in [0.2, 0.25) is 0 Å². The second-order valence-electron chi connectivity index (χ2n) is 9.24. The van der Waals surface area contributed by atoms with Crippen molar-refractivity contribution in [3.63, 3.8) is 0 Å². The molecule has 12 nitrogen and oxygen atoms in total. The number of carboxylic acids is 2. The SMILES string of the molecule is CSCCC(NC(=O)C(NC(=O)C(N)CC(=O)O)C(C)C)C(=O)NC(Cc1c[nH]c2ccccc12)C(=O)O. The Bertz CT molecular complexity index is 1150. The predicted octanol–water partition coefficient (Wildman–Crippen LogP) is 0.461. The number of nitrogens with two attached hydrogens (primary N) is 1. The van der Waals surface area contributed by atoms with E-state index in [1.54, 1.807) is 20.0 Å². The van der Waals surface area contributed by atoms with Crippen molar-refractivity contribution in [2.24, 2.45) is 11.7 Å². The molecule has 0 bridgehead atoms. The number of benzene rings is 1. The molecule has 0 radical (unpaired) electrons. The molecule has 0 saturated heterocycles. The third-order valence-electron chi connectivity index (χ3n) is 5.94. The van der Waals surface area contributed by atoms with Crippen molar-refractivity contribution < 1.29 is 34.2 Å². The summed E-state index contributed by atoms with van der Waals surface area (Å²) in [5, 5.41) is 27.1. The van der Waals surface area contributed by atoms with Gasteiger partial charge in [-0.25, -0.2) is 4.79 Å². The quantitative estimate of drug-likeness (QED) is 0.165. The molecule has 38 heavy (non-hydrogen) atoms. The molecule has 4 atom stereocenters. The zero-order chi connectivity index (χ0) is 28.4. The number of carbonyl (C=O) groups excluding carboxylic acids is 3. The highest BCUT2D eigenvalue weighted by Crippen LogP contribution is 2.19. The van der Waals surface area contributed by atoms with Gasteiger partial charge >= 0.3 is 11.9 Å². The molecule has 3 amide bonds. The zero-order valence-electron chi connectivity index (χ0n) is 21.5. The lowest BCUT2D eigenvalue weighted by Gasteiger charge is -2.27. The molecule has 1 heterocycles. The summed E-state index contributed by atoms with van der Waals surface area (Å²) in [5.41, 5.74) is 7.17. The molecule has 2 rings (SSSR count). The molecule has 13 heteroatoms. The Morgan fingerprint density at radius 3 is 2.24 bits per heavy atom. The molecular formula is C25H35N5O7S. The fourth-order valence-corrected chi connectivity index (χ4v) is 4.31. The molecule has 0 aliphatic heterocycles. The minimum atomic E-state index is -1.35. The topological polar surface area (TPSA) is 204 Å². The maximum Gasteiger partial charge on any atom is 0.326 e.